The number of nitro benzene ring substituents is 1. The van der Waals surface area contributed by atoms with Crippen LogP contribution in [-0.2, 0) is 9.59 Å². The summed E-state index contributed by atoms with van der Waals surface area (Å²) in [7, 11) is 1.54. The summed E-state index contributed by atoms with van der Waals surface area (Å²) in [6, 6.07) is 19.7. The third-order valence-corrected chi connectivity index (χ3v) is 5.08. The van der Waals surface area contributed by atoms with Gasteiger partial charge in [0, 0.05) is 17.7 Å². The number of nitrogens with one attached hydrogen (secondary N) is 1. The second-order valence-electron chi connectivity index (χ2n) is 7.30. The van der Waals surface area contributed by atoms with Crippen LogP contribution in [-0.4, -0.2) is 37.1 Å². The lowest BCUT2D eigenvalue weighted by Gasteiger charge is -2.14. The highest BCUT2D eigenvalue weighted by molar-refractivity contribution is 6.31. The molecule has 4 rings (SSSR count). The molecule has 3 aromatic rings. The van der Waals surface area contributed by atoms with Crippen LogP contribution in [0.1, 0.15) is 5.56 Å². The number of hydrogen-bond acceptors (Lipinski definition) is 7. The van der Waals surface area contributed by atoms with Gasteiger partial charge in [0.1, 0.15) is 24.5 Å². The van der Waals surface area contributed by atoms with Crippen LogP contribution in [0.5, 0.6) is 17.2 Å². The number of carbonyl (C=O) groups excluding carboxylic acids is 2. The minimum absolute atomic E-state index is 0.0995. The van der Waals surface area contributed by atoms with Gasteiger partial charge >= 0.3 is 0 Å². The van der Waals surface area contributed by atoms with E-state index in [-0.39, 0.29) is 35.8 Å². The highest BCUT2D eigenvalue weighted by Gasteiger charge is 2.34. The van der Waals surface area contributed by atoms with Crippen molar-refractivity contribution in [3.8, 4) is 17.2 Å². The molecule has 1 aliphatic heterocycles. The number of hydrogen-bond donors (Lipinski definition) is 1. The number of amides is 2. The van der Waals surface area contributed by atoms with Crippen molar-refractivity contribution in [1.82, 2.24) is 5.43 Å². The van der Waals surface area contributed by atoms with Crippen LogP contribution in [0, 0.1) is 10.1 Å². The number of nitro groups is 1. The maximum absolute atomic E-state index is 12.9. The lowest BCUT2D eigenvalue weighted by molar-refractivity contribution is -0.384. The average molecular weight is 475 g/mol. The van der Waals surface area contributed by atoms with Gasteiger partial charge in [0.2, 0.25) is 0 Å². The van der Waals surface area contributed by atoms with Gasteiger partial charge in [0.15, 0.2) is 11.5 Å². The first kappa shape index (κ1) is 23.3. The lowest BCUT2D eigenvalue weighted by Crippen LogP contribution is -2.35. The fraction of sp³-hybridized carbons (Fsp3) is 0.120. The molecule has 2 amide bonds. The van der Waals surface area contributed by atoms with Gasteiger partial charge in [-0.3, -0.25) is 25.1 Å². The lowest BCUT2D eigenvalue weighted by atomic mass is 10.1. The van der Waals surface area contributed by atoms with Gasteiger partial charge in [-0.05, 0) is 36.4 Å². The van der Waals surface area contributed by atoms with E-state index in [2.05, 4.69) is 5.43 Å². The largest absolute Gasteiger partial charge is 0.493 e. The molecule has 1 N–H and O–H groups in total. The molecular weight excluding hydrogens is 454 g/mol. The zero-order valence-corrected chi connectivity index (χ0v) is 18.7. The molecule has 178 valence electrons. The Morgan fingerprint density at radius 3 is 2.26 bits per heavy atom. The normalized spacial score (nSPS) is 14.1. The molecule has 0 unspecified atom stereocenters. The van der Waals surface area contributed by atoms with E-state index in [1.165, 1.54) is 31.4 Å². The van der Waals surface area contributed by atoms with Crippen LogP contribution in [0.4, 0.5) is 11.4 Å². The standard InChI is InChI=1S/C25H21N3O7/c1-33-22-9-5-6-10-23(22)35-14-13-34-21-12-11-19(28(31)32)15-17(21)16-20-24(29)26-27(25(20)30)18-7-3-2-4-8-18/h2-12,15-16H,13-14H2,1H3,(H,26,29). The molecular formula is C25H21N3O7. The summed E-state index contributed by atoms with van der Waals surface area (Å²) in [6.07, 6.45) is 1.28. The summed E-state index contributed by atoms with van der Waals surface area (Å²) >= 11 is 0. The second kappa shape index (κ2) is 10.4. The predicted molar refractivity (Wildman–Crippen MR) is 127 cm³/mol. The molecule has 35 heavy (non-hydrogen) atoms. The molecule has 0 atom stereocenters. The highest BCUT2D eigenvalue weighted by atomic mass is 16.6. The molecule has 0 bridgehead atoms. The minimum atomic E-state index is -0.629. The number of methoxy groups -OCH3 is 1. The molecule has 0 spiro atoms. The van der Waals surface area contributed by atoms with E-state index in [0.29, 0.717) is 17.2 Å². The first-order chi connectivity index (χ1) is 17.0. The summed E-state index contributed by atoms with van der Waals surface area (Å²) in [5, 5.41) is 12.4. The Morgan fingerprint density at radius 2 is 1.57 bits per heavy atom. The van der Waals surface area contributed by atoms with Gasteiger partial charge < -0.3 is 14.2 Å². The number of nitrogens with zero attached hydrogens (tertiary/aromatic N) is 2. The Labute approximate surface area is 200 Å². The summed E-state index contributed by atoms with van der Waals surface area (Å²) in [5.74, 6) is 0.153. The van der Waals surface area contributed by atoms with Crippen LogP contribution in [0.15, 0.2) is 78.4 Å². The van der Waals surface area contributed by atoms with Crippen molar-refractivity contribution in [3.05, 3.63) is 94.0 Å². The maximum Gasteiger partial charge on any atom is 0.282 e. The van der Waals surface area contributed by atoms with Crippen LogP contribution < -0.4 is 24.6 Å². The van der Waals surface area contributed by atoms with E-state index in [4.69, 9.17) is 14.2 Å². The Balaban J connectivity index is 1.54. The number of hydrazine groups is 1. The number of carbonyl (C=O) groups is 2. The zero-order valence-electron chi connectivity index (χ0n) is 18.7. The molecule has 1 fully saturated rings. The van der Waals surface area contributed by atoms with Gasteiger partial charge in [-0.1, -0.05) is 30.3 Å². The molecule has 0 saturated carbocycles. The Bertz CT molecular complexity index is 1290. The van der Waals surface area contributed by atoms with E-state index in [1.54, 1.807) is 42.5 Å². The minimum Gasteiger partial charge on any atom is -0.493 e. The van der Waals surface area contributed by atoms with Gasteiger partial charge in [0.05, 0.1) is 17.7 Å². The zero-order chi connectivity index (χ0) is 24.8. The van der Waals surface area contributed by atoms with Crippen LogP contribution in [0.3, 0.4) is 0 Å². The molecule has 0 radical (unpaired) electrons. The Morgan fingerprint density at radius 1 is 0.914 bits per heavy atom. The van der Waals surface area contributed by atoms with E-state index in [1.807, 2.05) is 12.1 Å². The van der Waals surface area contributed by atoms with Crippen molar-refractivity contribution in [2.45, 2.75) is 0 Å². The highest BCUT2D eigenvalue weighted by Crippen LogP contribution is 2.29. The predicted octanol–water partition coefficient (Wildman–Crippen LogP) is 3.52. The first-order valence-corrected chi connectivity index (χ1v) is 10.6. The number of anilines is 1. The number of benzene rings is 3. The Kier molecular flexibility index (Phi) is 6.91. The molecule has 10 heteroatoms. The second-order valence-corrected chi connectivity index (χ2v) is 7.30. The van der Waals surface area contributed by atoms with Gasteiger partial charge in [-0.2, -0.15) is 0 Å². The maximum atomic E-state index is 12.9. The Hall–Kier alpha value is -4.86. The molecule has 3 aromatic carbocycles. The smallest absolute Gasteiger partial charge is 0.282 e. The third kappa shape index (κ3) is 5.22. The fourth-order valence-corrected chi connectivity index (χ4v) is 3.41. The SMILES string of the molecule is COc1ccccc1OCCOc1ccc([N+](=O)[O-])cc1C=C1C(=O)NN(c2ccccc2)C1=O. The monoisotopic (exact) mass is 475 g/mol. The molecule has 1 aliphatic rings. The molecule has 0 aliphatic carbocycles. The summed E-state index contributed by atoms with van der Waals surface area (Å²) in [6.45, 7) is 0.261. The number of para-hydroxylation sites is 3. The molecule has 1 heterocycles. The van der Waals surface area contributed by atoms with Crippen molar-refractivity contribution in [2.75, 3.05) is 25.3 Å². The topological polar surface area (TPSA) is 120 Å². The van der Waals surface area contributed by atoms with E-state index in [0.717, 1.165) is 5.01 Å². The molecule has 0 aromatic heterocycles. The van der Waals surface area contributed by atoms with Gasteiger partial charge in [-0.25, -0.2) is 5.01 Å². The van der Waals surface area contributed by atoms with Crippen molar-refractivity contribution >= 4 is 29.3 Å². The molecule has 1 saturated heterocycles. The van der Waals surface area contributed by atoms with Crippen LogP contribution in [0.25, 0.3) is 6.08 Å². The van der Waals surface area contributed by atoms with Gasteiger partial charge in [0.25, 0.3) is 17.5 Å². The van der Waals surface area contributed by atoms with Gasteiger partial charge in [-0.15, -0.1) is 0 Å². The number of ether oxygens (including phenoxy) is 3. The number of non-ortho nitro benzene ring substituents is 1. The summed E-state index contributed by atoms with van der Waals surface area (Å²) in [5.41, 5.74) is 2.81. The number of rotatable bonds is 9. The third-order valence-electron chi connectivity index (χ3n) is 5.08. The first-order valence-electron chi connectivity index (χ1n) is 10.6. The van der Waals surface area contributed by atoms with E-state index < -0.39 is 16.7 Å². The quantitative estimate of drug-likeness (QED) is 0.165. The van der Waals surface area contributed by atoms with E-state index >= 15 is 0 Å². The van der Waals surface area contributed by atoms with Crippen LogP contribution >= 0.6 is 0 Å². The fourth-order valence-electron chi connectivity index (χ4n) is 3.41. The van der Waals surface area contributed by atoms with Crippen LogP contribution in [0.2, 0.25) is 0 Å². The van der Waals surface area contributed by atoms with Crippen molar-refractivity contribution in [3.63, 3.8) is 0 Å². The molecule has 10 nitrogen and oxygen atoms in total. The summed E-state index contributed by atoms with van der Waals surface area (Å²) < 4.78 is 16.7. The van der Waals surface area contributed by atoms with Crippen molar-refractivity contribution in [1.29, 1.82) is 0 Å². The van der Waals surface area contributed by atoms with Crippen molar-refractivity contribution < 1.29 is 28.7 Å². The van der Waals surface area contributed by atoms with E-state index in [9.17, 15) is 19.7 Å². The average Bonchev–Trinajstić information content (AvgIpc) is 3.16. The summed E-state index contributed by atoms with van der Waals surface area (Å²) in [4.78, 5) is 36.2. The van der Waals surface area contributed by atoms with Crippen molar-refractivity contribution in [2.24, 2.45) is 0 Å².